The van der Waals surface area contributed by atoms with Crippen molar-refractivity contribution in [3.05, 3.63) is 60.4 Å². The summed E-state index contributed by atoms with van der Waals surface area (Å²) in [7, 11) is 0. The molecule has 6 nitrogen and oxygen atoms in total. The molecule has 138 valence electrons. The Labute approximate surface area is 157 Å². The Balaban J connectivity index is 1.73. The molecule has 4 rings (SSSR count). The van der Waals surface area contributed by atoms with Gasteiger partial charge in [0.15, 0.2) is 5.82 Å². The predicted octanol–water partition coefficient (Wildman–Crippen LogP) is 3.52. The molecule has 0 amide bonds. The van der Waals surface area contributed by atoms with E-state index in [1.54, 1.807) is 20.2 Å². The number of benzene rings is 2. The molecular weight excluding hydrogens is 340 g/mol. The maximum atomic E-state index is 10.2. The largest absolute Gasteiger partial charge is 0.489 e. The van der Waals surface area contributed by atoms with Crippen molar-refractivity contribution in [2.75, 3.05) is 5.73 Å². The van der Waals surface area contributed by atoms with Gasteiger partial charge in [-0.05, 0) is 31.5 Å². The Morgan fingerprint density at radius 2 is 1.93 bits per heavy atom. The van der Waals surface area contributed by atoms with Gasteiger partial charge in [0, 0.05) is 11.5 Å². The van der Waals surface area contributed by atoms with Gasteiger partial charge in [0.05, 0.1) is 29.5 Å². The van der Waals surface area contributed by atoms with Gasteiger partial charge >= 0.3 is 0 Å². The Kier molecular flexibility index (Phi) is 4.20. The second-order valence-corrected chi connectivity index (χ2v) is 7.33. The maximum absolute atomic E-state index is 10.2. The Morgan fingerprint density at radius 1 is 1.15 bits per heavy atom. The summed E-state index contributed by atoms with van der Waals surface area (Å²) in [5.74, 6) is 1.10. The SMILES string of the molecule is CC(C)(O)Cn1cnc2c(N)nc3cc(OCc4ccccc4)ccc3c21. The van der Waals surface area contributed by atoms with Crippen LogP contribution >= 0.6 is 0 Å². The van der Waals surface area contributed by atoms with E-state index in [-0.39, 0.29) is 0 Å². The summed E-state index contributed by atoms with van der Waals surface area (Å²) < 4.78 is 7.82. The highest BCUT2D eigenvalue weighted by molar-refractivity contribution is 6.06. The molecule has 0 radical (unpaired) electrons. The number of rotatable bonds is 5. The van der Waals surface area contributed by atoms with E-state index in [0.717, 1.165) is 27.7 Å². The third-order valence-electron chi connectivity index (χ3n) is 4.35. The van der Waals surface area contributed by atoms with Gasteiger partial charge in [-0.2, -0.15) is 0 Å². The van der Waals surface area contributed by atoms with Crippen molar-refractivity contribution in [1.82, 2.24) is 14.5 Å². The second-order valence-electron chi connectivity index (χ2n) is 7.33. The summed E-state index contributed by atoms with van der Waals surface area (Å²) in [6.07, 6.45) is 1.69. The summed E-state index contributed by atoms with van der Waals surface area (Å²) in [5, 5.41) is 11.1. The highest BCUT2D eigenvalue weighted by atomic mass is 16.5. The molecule has 2 heterocycles. The lowest BCUT2D eigenvalue weighted by molar-refractivity contribution is 0.0627. The van der Waals surface area contributed by atoms with Gasteiger partial charge in [-0.3, -0.25) is 0 Å². The zero-order chi connectivity index (χ0) is 19.0. The summed E-state index contributed by atoms with van der Waals surface area (Å²) in [6, 6.07) is 15.8. The quantitative estimate of drug-likeness (QED) is 0.567. The Hall–Kier alpha value is -3.12. The number of aromatic nitrogens is 3. The first kappa shape index (κ1) is 17.3. The standard InChI is InChI=1S/C21H22N4O2/c1-21(2,26)12-25-13-23-18-19(25)16-9-8-15(10-17(16)24-20(18)22)27-11-14-6-4-3-5-7-14/h3-10,13,26H,11-12H2,1-2H3,(H2,22,24). The number of fused-ring (bicyclic) bond motifs is 3. The van der Waals surface area contributed by atoms with Crippen molar-refractivity contribution in [3.63, 3.8) is 0 Å². The van der Waals surface area contributed by atoms with Crippen molar-refractivity contribution >= 4 is 27.8 Å². The number of nitrogens with zero attached hydrogens (tertiary/aromatic N) is 3. The van der Waals surface area contributed by atoms with Crippen molar-refractivity contribution in [3.8, 4) is 5.75 Å². The third-order valence-corrected chi connectivity index (χ3v) is 4.35. The molecule has 0 aliphatic carbocycles. The van der Waals surface area contributed by atoms with Gasteiger partial charge in [-0.1, -0.05) is 30.3 Å². The third kappa shape index (κ3) is 3.57. The summed E-state index contributed by atoms with van der Waals surface area (Å²) in [5.41, 5.74) is 8.61. The normalized spacial score (nSPS) is 12.0. The van der Waals surface area contributed by atoms with E-state index in [2.05, 4.69) is 9.97 Å². The number of nitrogen functional groups attached to an aromatic ring is 1. The van der Waals surface area contributed by atoms with Crippen molar-refractivity contribution in [2.24, 2.45) is 0 Å². The predicted molar refractivity (Wildman–Crippen MR) is 107 cm³/mol. The van der Waals surface area contributed by atoms with Crippen LogP contribution in [0.1, 0.15) is 19.4 Å². The molecule has 0 bridgehead atoms. The van der Waals surface area contributed by atoms with Gasteiger partial charge in [0.2, 0.25) is 0 Å². The lowest BCUT2D eigenvalue weighted by Crippen LogP contribution is -2.25. The fourth-order valence-corrected chi connectivity index (χ4v) is 3.21. The molecule has 0 spiro atoms. The summed E-state index contributed by atoms with van der Waals surface area (Å²) in [6.45, 7) is 4.43. The molecule has 2 aromatic carbocycles. The van der Waals surface area contributed by atoms with E-state index in [4.69, 9.17) is 10.5 Å². The molecule has 0 atom stereocenters. The molecule has 0 saturated carbocycles. The average molecular weight is 362 g/mol. The molecule has 4 aromatic rings. The number of aliphatic hydroxyl groups is 1. The van der Waals surface area contributed by atoms with Gasteiger partial charge in [-0.15, -0.1) is 0 Å². The lowest BCUT2D eigenvalue weighted by atomic mass is 10.1. The minimum absolute atomic E-state index is 0.368. The molecule has 2 aromatic heterocycles. The van der Waals surface area contributed by atoms with Crippen molar-refractivity contribution in [1.29, 1.82) is 0 Å². The van der Waals surface area contributed by atoms with Crippen LogP contribution in [0.5, 0.6) is 5.75 Å². The van der Waals surface area contributed by atoms with Crippen LogP contribution in [0.25, 0.3) is 21.9 Å². The number of hydrogen-bond donors (Lipinski definition) is 2. The van der Waals surface area contributed by atoms with Crippen LogP contribution in [-0.2, 0) is 13.2 Å². The van der Waals surface area contributed by atoms with Crippen LogP contribution in [0.3, 0.4) is 0 Å². The summed E-state index contributed by atoms with van der Waals surface area (Å²) in [4.78, 5) is 8.87. The molecule has 0 fully saturated rings. The van der Waals surface area contributed by atoms with E-state index < -0.39 is 5.60 Å². The number of pyridine rings is 1. The van der Waals surface area contributed by atoms with Crippen LogP contribution in [0.15, 0.2) is 54.9 Å². The maximum Gasteiger partial charge on any atom is 0.152 e. The molecule has 0 aliphatic heterocycles. The molecule has 6 heteroatoms. The first-order valence-electron chi connectivity index (χ1n) is 8.84. The zero-order valence-electron chi connectivity index (χ0n) is 15.4. The minimum atomic E-state index is -0.864. The summed E-state index contributed by atoms with van der Waals surface area (Å²) >= 11 is 0. The number of imidazole rings is 1. The number of ether oxygens (including phenoxy) is 1. The van der Waals surface area contributed by atoms with Crippen LogP contribution in [0.4, 0.5) is 5.82 Å². The van der Waals surface area contributed by atoms with E-state index in [1.807, 2.05) is 53.1 Å². The molecule has 3 N–H and O–H groups in total. The first-order chi connectivity index (χ1) is 12.9. The first-order valence-corrected chi connectivity index (χ1v) is 8.84. The van der Waals surface area contributed by atoms with Crippen molar-refractivity contribution < 1.29 is 9.84 Å². The monoisotopic (exact) mass is 362 g/mol. The number of nitrogens with two attached hydrogens (primary N) is 1. The van der Waals surface area contributed by atoms with E-state index in [0.29, 0.717) is 24.5 Å². The molecular formula is C21H22N4O2. The Bertz CT molecular complexity index is 1100. The lowest BCUT2D eigenvalue weighted by Gasteiger charge is -2.18. The molecule has 0 unspecified atom stereocenters. The number of hydrogen-bond acceptors (Lipinski definition) is 5. The van der Waals surface area contributed by atoms with E-state index >= 15 is 0 Å². The van der Waals surface area contributed by atoms with Gasteiger partial charge in [0.25, 0.3) is 0 Å². The zero-order valence-corrected chi connectivity index (χ0v) is 15.4. The number of anilines is 1. The fraction of sp³-hybridized carbons (Fsp3) is 0.238. The van der Waals surface area contributed by atoms with Crippen LogP contribution in [-0.4, -0.2) is 25.2 Å². The highest BCUT2D eigenvalue weighted by Gasteiger charge is 2.18. The second kappa shape index (κ2) is 6.55. The fourth-order valence-electron chi connectivity index (χ4n) is 3.21. The Morgan fingerprint density at radius 3 is 2.67 bits per heavy atom. The molecule has 0 aliphatic rings. The van der Waals surface area contributed by atoms with E-state index in [1.165, 1.54) is 0 Å². The topological polar surface area (TPSA) is 86.2 Å². The highest BCUT2D eigenvalue weighted by Crippen LogP contribution is 2.30. The molecule has 0 saturated heterocycles. The molecule has 27 heavy (non-hydrogen) atoms. The van der Waals surface area contributed by atoms with Gasteiger partial charge in [-0.25, -0.2) is 9.97 Å². The smallest absolute Gasteiger partial charge is 0.152 e. The minimum Gasteiger partial charge on any atom is -0.489 e. The van der Waals surface area contributed by atoms with Crippen LogP contribution in [0, 0.1) is 0 Å². The van der Waals surface area contributed by atoms with Gasteiger partial charge < -0.3 is 20.1 Å². The van der Waals surface area contributed by atoms with E-state index in [9.17, 15) is 5.11 Å². The average Bonchev–Trinajstić information content (AvgIpc) is 3.03. The van der Waals surface area contributed by atoms with Crippen LogP contribution < -0.4 is 10.5 Å². The van der Waals surface area contributed by atoms with Crippen LogP contribution in [0.2, 0.25) is 0 Å². The van der Waals surface area contributed by atoms with Gasteiger partial charge in [0.1, 0.15) is 17.9 Å². The van der Waals surface area contributed by atoms with Crippen molar-refractivity contribution in [2.45, 2.75) is 32.6 Å².